The Kier molecular flexibility index (Phi) is 5.50. The summed E-state index contributed by atoms with van der Waals surface area (Å²) in [5.74, 6) is -0.0373. The monoisotopic (exact) mass is 272 g/mol. The first-order valence-electron chi connectivity index (χ1n) is 6.52. The molecule has 3 N–H and O–H groups in total. The van der Waals surface area contributed by atoms with E-state index in [1.165, 1.54) is 0 Å². The first kappa shape index (κ1) is 15.3. The molecule has 2 atom stereocenters. The standard InChI is InChI=1S/C13H24N2O2S/c1-13(2,3)18-8-11(16)15-10-7-5-4-6-9(10)12(14)17/h9-10H,4-8H2,1-3H3,(H2,14,17)(H,15,16). The molecular weight excluding hydrogens is 248 g/mol. The molecule has 0 aromatic carbocycles. The van der Waals surface area contributed by atoms with Crippen molar-refractivity contribution in [2.45, 2.75) is 57.2 Å². The summed E-state index contributed by atoms with van der Waals surface area (Å²) in [5.41, 5.74) is 5.38. The van der Waals surface area contributed by atoms with Crippen molar-refractivity contribution in [3.63, 3.8) is 0 Å². The molecule has 2 unspecified atom stereocenters. The van der Waals surface area contributed by atoms with E-state index in [9.17, 15) is 9.59 Å². The Morgan fingerprint density at radius 1 is 1.28 bits per heavy atom. The van der Waals surface area contributed by atoms with E-state index in [0.717, 1.165) is 25.7 Å². The maximum Gasteiger partial charge on any atom is 0.230 e. The van der Waals surface area contributed by atoms with Gasteiger partial charge in [0.15, 0.2) is 0 Å². The van der Waals surface area contributed by atoms with Gasteiger partial charge >= 0.3 is 0 Å². The second-order valence-electron chi connectivity index (χ2n) is 5.87. The van der Waals surface area contributed by atoms with Crippen molar-refractivity contribution >= 4 is 23.6 Å². The molecule has 5 heteroatoms. The minimum Gasteiger partial charge on any atom is -0.369 e. The smallest absolute Gasteiger partial charge is 0.230 e. The zero-order valence-corrected chi connectivity index (χ0v) is 12.3. The van der Waals surface area contributed by atoms with Crippen molar-refractivity contribution in [3.8, 4) is 0 Å². The summed E-state index contributed by atoms with van der Waals surface area (Å²) in [7, 11) is 0. The van der Waals surface area contributed by atoms with Gasteiger partial charge in [-0.2, -0.15) is 0 Å². The number of primary amides is 1. The average molecular weight is 272 g/mol. The van der Waals surface area contributed by atoms with Gasteiger partial charge in [0.05, 0.1) is 11.7 Å². The molecule has 104 valence electrons. The van der Waals surface area contributed by atoms with Gasteiger partial charge < -0.3 is 11.1 Å². The number of nitrogens with one attached hydrogen (secondary N) is 1. The summed E-state index contributed by atoms with van der Waals surface area (Å²) in [6.07, 6.45) is 3.74. The van der Waals surface area contributed by atoms with Crippen molar-refractivity contribution in [2.75, 3.05) is 5.75 Å². The average Bonchev–Trinajstić information content (AvgIpc) is 2.26. The molecule has 0 heterocycles. The number of hydrogen-bond donors (Lipinski definition) is 2. The second kappa shape index (κ2) is 6.45. The number of carbonyl (C=O) groups is 2. The number of thioether (sulfide) groups is 1. The van der Waals surface area contributed by atoms with E-state index >= 15 is 0 Å². The van der Waals surface area contributed by atoms with Gasteiger partial charge in [0.1, 0.15) is 0 Å². The molecule has 0 aliphatic heterocycles. The molecule has 2 amide bonds. The molecular formula is C13H24N2O2S. The lowest BCUT2D eigenvalue weighted by Gasteiger charge is -2.30. The summed E-state index contributed by atoms with van der Waals surface area (Å²) >= 11 is 1.61. The Labute approximate surface area is 113 Å². The van der Waals surface area contributed by atoms with Gasteiger partial charge in [-0.05, 0) is 12.8 Å². The van der Waals surface area contributed by atoms with E-state index in [1.807, 2.05) is 0 Å². The molecule has 0 aromatic rings. The van der Waals surface area contributed by atoms with E-state index in [2.05, 4.69) is 26.1 Å². The lowest BCUT2D eigenvalue weighted by atomic mass is 9.84. The second-order valence-corrected chi connectivity index (χ2v) is 7.67. The van der Waals surface area contributed by atoms with Crippen LogP contribution in [0, 0.1) is 5.92 Å². The van der Waals surface area contributed by atoms with Gasteiger partial charge in [0.2, 0.25) is 11.8 Å². The van der Waals surface area contributed by atoms with Crippen molar-refractivity contribution in [1.29, 1.82) is 0 Å². The zero-order valence-electron chi connectivity index (χ0n) is 11.5. The number of nitrogens with two attached hydrogens (primary N) is 1. The molecule has 18 heavy (non-hydrogen) atoms. The molecule has 1 saturated carbocycles. The molecule has 1 rings (SSSR count). The van der Waals surface area contributed by atoms with Crippen LogP contribution in [-0.2, 0) is 9.59 Å². The van der Waals surface area contributed by atoms with Crippen LogP contribution in [0.25, 0.3) is 0 Å². The molecule has 0 radical (unpaired) electrons. The molecule has 1 aliphatic rings. The molecule has 0 saturated heterocycles. The Balaban J connectivity index is 2.44. The van der Waals surface area contributed by atoms with E-state index < -0.39 is 0 Å². The third-order valence-corrected chi connectivity index (χ3v) is 4.39. The highest BCUT2D eigenvalue weighted by Gasteiger charge is 2.30. The van der Waals surface area contributed by atoms with E-state index in [-0.39, 0.29) is 28.5 Å². The van der Waals surface area contributed by atoms with Crippen LogP contribution in [0.3, 0.4) is 0 Å². The maximum absolute atomic E-state index is 11.8. The molecule has 0 aromatic heterocycles. The number of rotatable bonds is 4. The minimum absolute atomic E-state index is 0.00748. The normalized spacial score (nSPS) is 24.6. The topological polar surface area (TPSA) is 72.2 Å². The van der Waals surface area contributed by atoms with Gasteiger partial charge in [-0.1, -0.05) is 33.6 Å². The maximum atomic E-state index is 11.8. The van der Waals surface area contributed by atoms with Gasteiger partial charge in [-0.25, -0.2) is 0 Å². The lowest BCUT2D eigenvalue weighted by Crippen LogP contribution is -2.47. The highest BCUT2D eigenvalue weighted by Crippen LogP contribution is 2.25. The van der Waals surface area contributed by atoms with Crippen LogP contribution in [0.1, 0.15) is 46.5 Å². The van der Waals surface area contributed by atoms with Crippen molar-refractivity contribution in [3.05, 3.63) is 0 Å². The van der Waals surface area contributed by atoms with E-state index in [0.29, 0.717) is 5.75 Å². The fourth-order valence-corrected chi connectivity index (χ4v) is 2.82. The van der Waals surface area contributed by atoms with Gasteiger partial charge in [0, 0.05) is 10.8 Å². The highest BCUT2D eigenvalue weighted by molar-refractivity contribution is 8.01. The Hall–Kier alpha value is -0.710. The fraction of sp³-hybridized carbons (Fsp3) is 0.846. The van der Waals surface area contributed by atoms with E-state index in [1.54, 1.807) is 11.8 Å². The quantitative estimate of drug-likeness (QED) is 0.818. The van der Waals surface area contributed by atoms with Crippen LogP contribution in [0.2, 0.25) is 0 Å². The van der Waals surface area contributed by atoms with Crippen LogP contribution in [0.15, 0.2) is 0 Å². The van der Waals surface area contributed by atoms with Crippen LogP contribution in [0.5, 0.6) is 0 Å². The summed E-state index contributed by atoms with van der Waals surface area (Å²) in [6.45, 7) is 6.24. The summed E-state index contributed by atoms with van der Waals surface area (Å²) in [4.78, 5) is 23.2. The number of carbonyl (C=O) groups excluding carboxylic acids is 2. The molecule has 1 aliphatic carbocycles. The van der Waals surface area contributed by atoms with Crippen LogP contribution >= 0.6 is 11.8 Å². The minimum atomic E-state index is -0.288. The van der Waals surface area contributed by atoms with E-state index in [4.69, 9.17) is 5.73 Å². The van der Waals surface area contributed by atoms with Crippen molar-refractivity contribution in [1.82, 2.24) is 5.32 Å². The summed E-state index contributed by atoms with van der Waals surface area (Å²) in [6, 6.07) is -0.0654. The summed E-state index contributed by atoms with van der Waals surface area (Å²) in [5, 5.41) is 2.96. The van der Waals surface area contributed by atoms with Gasteiger partial charge in [0.25, 0.3) is 0 Å². The predicted molar refractivity (Wildman–Crippen MR) is 75.3 cm³/mol. The summed E-state index contributed by atoms with van der Waals surface area (Å²) < 4.78 is 0.0764. The first-order chi connectivity index (χ1) is 8.29. The first-order valence-corrected chi connectivity index (χ1v) is 7.51. The molecule has 4 nitrogen and oxygen atoms in total. The van der Waals surface area contributed by atoms with Crippen molar-refractivity contribution < 1.29 is 9.59 Å². The SMILES string of the molecule is CC(C)(C)SCC(=O)NC1CCCCC1C(N)=O. The molecule has 1 fully saturated rings. The van der Waals surface area contributed by atoms with Crippen LogP contribution < -0.4 is 11.1 Å². The predicted octanol–water partition coefficient (Wildman–Crippen LogP) is 1.68. The van der Waals surface area contributed by atoms with Gasteiger partial charge in [-0.15, -0.1) is 11.8 Å². The Bertz CT molecular complexity index is 313. The lowest BCUT2D eigenvalue weighted by molar-refractivity contribution is -0.125. The van der Waals surface area contributed by atoms with Crippen LogP contribution in [-0.4, -0.2) is 28.4 Å². The highest BCUT2D eigenvalue weighted by atomic mass is 32.2. The van der Waals surface area contributed by atoms with Crippen LogP contribution in [0.4, 0.5) is 0 Å². The number of amides is 2. The number of hydrogen-bond acceptors (Lipinski definition) is 3. The van der Waals surface area contributed by atoms with Crippen molar-refractivity contribution in [2.24, 2.45) is 11.7 Å². The Morgan fingerprint density at radius 3 is 2.44 bits per heavy atom. The fourth-order valence-electron chi connectivity index (χ4n) is 2.17. The Morgan fingerprint density at radius 2 is 1.89 bits per heavy atom. The zero-order chi connectivity index (χ0) is 13.8. The molecule has 0 bridgehead atoms. The third-order valence-electron chi connectivity index (χ3n) is 3.11. The largest absolute Gasteiger partial charge is 0.369 e. The molecule has 0 spiro atoms. The van der Waals surface area contributed by atoms with Gasteiger partial charge in [-0.3, -0.25) is 9.59 Å². The third kappa shape index (κ3) is 5.29.